The van der Waals surface area contributed by atoms with Crippen LogP contribution in [0.25, 0.3) is 0 Å². The molecule has 0 aliphatic heterocycles. The quantitative estimate of drug-likeness (QED) is 0.265. The highest BCUT2D eigenvalue weighted by Crippen LogP contribution is 2.07. The summed E-state index contributed by atoms with van der Waals surface area (Å²) in [4.78, 5) is 11.5. The number of carbonyl (C=O) groups is 1. The lowest BCUT2D eigenvalue weighted by atomic mass is 10.2. The predicted molar refractivity (Wildman–Crippen MR) is 53.5 cm³/mol. The standard InChI is InChI=1S/C10H11N3O5/c1-8(16-6-12)18-10(14)9(17-7-13)3-2-4-15-5-11/h8-9H,2-4H2,1H3. The lowest BCUT2D eigenvalue weighted by Crippen LogP contribution is -2.29. The number of esters is 1. The second-order valence-electron chi connectivity index (χ2n) is 2.99. The SMILES string of the molecule is CC(OC#N)OC(=O)C(CCCOC#N)OC#N. The molecule has 0 radical (unpaired) electrons. The summed E-state index contributed by atoms with van der Waals surface area (Å²) < 4.78 is 18.0. The monoisotopic (exact) mass is 253 g/mol. The molecule has 0 amide bonds. The Morgan fingerprint density at radius 1 is 1.17 bits per heavy atom. The maximum Gasteiger partial charge on any atom is 0.351 e. The van der Waals surface area contributed by atoms with Crippen LogP contribution in [0.15, 0.2) is 0 Å². The van der Waals surface area contributed by atoms with E-state index >= 15 is 0 Å². The molecule has 0 bridgehead atoms. The summed E-state index contributed by atoms with van der Waals surface area (Å²) in [6.07, 6.45) is 2.54. The fraction of sp³-hybridized carbons (Fsp3) is 0.600. The zero-order valence-corrected chi connectivity index (χ0v) is 9.66. The van der Waals surface area contributed by atoms with Gasteiger partial charge in [-0.1, -0.05) is 0 Å². The summed E-state index contributed by atoms with van der Waals surface area (Å²) in [5, 5.41) is 24.7. The molecule has 0 N–H and O–H groups in total. The molecule has 0 aliphatic carbocycles. The highest BCUT2D eigenvalue weighted by Gasteiger charge is 2.24. The Morgan fingerprint density at radius 3 is 2.39 bits per heavy atom. The third-order valence-corrected chi connectivity index (χ3v) is 1.74. The number of nitrogens with zero attached hydrogens (tertiary/aromatic N) is 3. The molecule has 0 spiro atoms. The summed E-state index contributed by atoms with van der Waals surface area (Å²) in [5.74, 6) is -0.823. The summed E-state index contributed by atoms with van der Waals surface area (Å²) in [7, 11) is 0. The van der Waals surface area contributed by atoms with Crippen molar-refractivity contribution in [2.24, 2.45) is 0 Å². The van der Waals surface area contributed by atoms with Crippen molar-refractivity contribution < 1.29 is 23.7 Å². The largest absolute Gasteiger partial charge is 0.428 e. The molecule has 2 unspecified atom stereocenters. The number of rotatable bonds is 8. The van der Waals surface area contributed by atoms with Gasteiger partial charge in [-0.15, -0.1) is 0 Å². The molecule has 0 fully saturated rings. The Bertz CT molecular complexity index is 378. The van der Waals surface area contributed by atoms with Crippen molar-refractivity contribution in [1.29, 1.82) is 15.8 Å². The van der Waals surface area contributed by atoms with E-state index in [1.807, 2.05) is 0 Å². The Balaban J connectivity index is 4.16. The molecule has 0 saturated carbocycles. The van der Waals surface area contributed by atoms with E-state index in [9.17, 15) is 4.79 Å². The van der Waals surface area contributed by atoms with Gasteiger partial charge in [0.2, 0.25) is 6.10 Å². The van der Waals surface area contributed by atoms with Crippen molar-refractivity contribution in [2.45, 2.75) is 32.2 Å². The predicted octanol–water partition coefficient (Wildman–Crippen LogP) is 0.517. The molecule has 0 aromatic carbocycles. The maximum atomic E-state index is 11.5. The fourth-order valence-corrected chi connectivity index (χ4v) is 1.01. The smallest absolute Gasteiger partial charge is 0.351 e. The van der Waals surface area contributed by atoms with Gasteiger partial charge in [0.1, 0.15) is 6.61 Å². The van der Waals surface area contributed by atoms with E-state index in [4.69, 9.17) is 20.5 Å². The molecule has 0 saturated heterocycles. The topological polar surface area (TPSA) is 125 Å². The second kappa shape index (κ2) is 9.56. The van der Waals surface area contributed by atoms with E-state index < -0.39 is 18.4 Å². The Labute approximate surface area is 104 Å². The molecule has 0 heterocycles. The summed E-state index contributed by atoms with van der Waals surface area (Å²) >= 11 is 0. The normalized spacial score (nSPS) is 11.9. The molecule has 0 aromatic heterocycles. The van der Waals surface area contributed by atoms with Crippen LogP contribution in [-0.2, 0) is 23.7 Å². The summed E-state index contributed by atoms with van der Waals surface area (Å²) in [6.45, 7) is 1.46. The van der Waals surface area contributed by atoms with Crippen molar-refractivity contribution in [3.8, 4) is 18.8 Å². The van der Waals surface area contributed by atoms with Crippen LogP contribution < -0.4 is 0 Å². The van der Waals surface area contributed by atoms with E-state index in [2.05, 4.69) is 14.2 Å². The van der Waals surface area contributed by atoms with Crippen LogP contribution in [-0.4, -0.2) is 25.0 Å². The van der Waals surface area contributed by atoms with E-state index in [-0.39, 0.29) is 13.0 Å². The van der Waals surface area contributed by atoms with Gasteiger partial charge in [-0.25, -0.2) is 4.79 Å². The van der Waals surface area contributed by atoms with Crippen LogP contribution in [0.2, 0.25) is 0 Å². The van der Waals surface area contributed by atoms with E-state index in [0.717, 1.165) is 0 Å². The third kappa shape index (κ3) is 6.76. The fourth-order valence-electron chi connectivity index (χ4n) is 1.01. The van der Waals surface area contributed by atoms with Gasteiger partial charge < -0.3 is 18.9 Å². The molecule has 2 atom stereocenters. The first-order valence-electron chi connectivity index (χ1n) is 4.96. The van der Waals surface area contributed by atoms with Gasteiger partial charge in [0, 0.05) is 6.92 Å². The van der Waals surface area contributed by atoms with Crippen molar-refractivity contribution in [1.82, 2.24) is 0 Å². The van der Waals surface area contributed by atoms with Crippen molar-refractivity contribution >= 4 is 5.97 Å². The minimum Gasteiger partial charge on any atom is -0.428 e. The van der Waals surface area contributed by atoms with Gasteiger partial charge in [-0.2, -0.15) is 15.8 Å². The van der Waals surface area contributed by atoms with Crippen LogP contribution in [0.1, 0.15) is 19.8 Å². The van der Waals surface area contributed by atoms with Gasteiger partial charge in [0.25, 0.3) is 25.1 Å². The molecule has 18 heavy (non-hydrogen) atoms. The summed E-state index contributed by atoms with van der Waals surface area (Å²) in [5.41, 5.74) is 0. The molecule has 0 aromatic rings. The van der Waals surface area contributed by atoms with Crippen LogP contribution >= 0.6 is 0 Å². The highest BCUT2D eigenvalue weighted by molar-refractivity contribution is 5.74. The average molecular weight is 253 g/mol. The van der Waals surface area contributed by atoms with Gasteiger partial charge in [-0.3, -0.25) is 0 Å². The van der Waals surface area contributed by atoms with Crippen LogP contribution in [0.5, 0.6) is 0 Å². The van der Waals surface area contributed by atoms with Gasteiger partial charge >= 0.3 is 5.97 Å². The Morgan fingerprint density at radius 2 is 1.83 bits per heavy atom. The number of nitriles is 3. The minimum atomic E-state index is -1.11. The zero-order chi connectivity index (χ0) is 13.8. The van der Waals surface area contributed by atoms with Gasteiger partial charge in [0.05, 0.1) is 0 Å². The van der Waals surface area contributed by atoms with Crippen molar-refractivity contribution in [3.63, 3.8) is 0 Å². The van der Waals surface area contributed by atoms with Gasteiger partial charge in [0.15, 0.2) is 0 Å². The number of carbonyl (C=O) groups excluding carboxylic acids is 1. The lowest BCUT2D eigenvalue weighted by molar-refractivity contribution is -0.174. The number of hydrogen-bond acceptors (Lipinski definition) is 8. The molecule has 8 heteroatoms. The minimum absolute atomic E-state index is 0.110. The number of ether oxygens (including phenoxy) is 4. The third-order valence-electron chi connectivity index (χ3n) is 1.74. The molecule has 0 aliphatic rings. The second-order valence-corrected chi connectivity index (χ2v) is 2.99. The molecule has 0 rings (SSSR count). The first kappa shape index (κ1) is 15.3. The molecular weight excluding hydrogens is 242 g/mol. The molecule has 8 nitrogen and oxygen atoms in total. The van der Waals surface area contributed by atoms with Crippen molar-refractivity contribution in [2.75, 3.05) is 6.61 Å². The zero-order valence-electron chi connectivity index (χ0n) is 9.66. The number of hydrogen-bond donors (Lipinski definition) is 0. The van der Waals surface area contributed by atoms with E-state index in [0.29, 0.717) is 6.42 Å². The highest BCUT2D eigenvalue weighted by atomic mass is 16.7. The first-order valence-corrected chi connectivity index (χ1v) is 4.96. The average Bonchev–Trinajstić information content (AvgIpc) is 2.33. The van der Waals surface area contributed by atoms with E-state index in [1.165, 1.54) is 25.7 Å². The van der Waals surface area contributed by atoms with Crippen molar-refractivity contribution in [3.05, 3.63) is 0 Å². The maximum absolute atomic E-state index is 11.5. The lowest BCUT2D eigenvalue weighted by Gasteiger charge is -2.15. The van der Waals surface area contributed by atoms with Crippen LogP contribution in [0.4, 0.5) is 0 Å². The molecular formula is C10H11N3O5. The van der Waals surface area contributed by atoms with E-state index in [1.54, 1.807) is 0 Å². The van der Waals surface area contributed by atoms with Gasteiger partial charge in [-0.05, 0) is 12.8 Å². The Hall–Kier alpha value is -2.66. The first-order chi connectivity index (χ1) is 8.65. The van der Waals surface area contributed by atoms with Crippen LogP contribution in [0.3, 0.4) is 0 Å². The van der Waals surface area contributed by atoms with Crippen LogP contribution in [0, 0.1) is 34.6 Å². The molecule has 96 valence electrons. The Kier molecular flexibility index (Phi) is 8.15. The summed E-state index contributed by atoms with van der Waals surface area (Å²) in [6, 6.07) is 0.